The zero-order valence-corrected chi connectivity index (χ0v) is 16.8. The lowest BCUT2D eigenvalue weighted by atomic mass is 9.98. The minimum Gasteiger partial charge on any atom is -0.491 e. The SMILES string of the molecule is C=CCCc1ccc(CCc2ccc(-c3ccc(OCC)c(F)c3)c(F)c2)cc1. The maximum atomic E-state index is 14.7. The molecular formula is C26H26F2O. The smallest absolute Gasteiger partial charge is 0.165 e. The number of halogens is 2. The average molecular weight is 392 g/mol. The first-order valence-corrected chi connectivity index (χ1v) is 10.0. The molecule has 3 heteroatoms. The van der Waals surface area contributed by atoms with E-state index in [1.165, 1.54) is 17.2 Å². The zero-order chi connectivity index (χ0) is 20.6. The lowest BCUT2D eigenvalue weighted by molar-refractivity contribution is 0.321. The van der Waals surface area contributed by atoms with Crippen LogP contribution in [-0.4, -0.2) is 6.61 Å². The van der Waals surface area contributed by atoms with Crippen LogP contribution in [0.1, 0.15) is 30.0 Å². The third kappa shape index (κ3) is 5.54. The van der Waals surface area contributed by atoms with E-state index in [4.69, 9.17) is 4.74 Å². The Labute approximate surface area is 171 Å². The van der Waals surface area contributed by atoms with Crippen LogP contribution in [0.4, 0.5) is 8.78 Å². The largest absolute Gasteiger partial charge is 0.491 e. The molecule has 3 rings (SSSR count). The molecule has 0 N–H and O–H groups in total. The highest BCUT2D eigenvalue weighted by atomic mass is 19.1. The molecule has 0 unspecified atom stereocenters. The third-order valence-electron chi connectivity index (χ3n) is 4.94. The molecular weight excluding hydrogens is 366 g/mol. The van der Waals surface area contributed by atoms with Crippen molar-refractivity contribution < 1.29 is 13.5 Å². The van der Waals surface area contributed by atoms with E-state index in [9.17, 15) is 8.78 Å². The van der Waals surface area contributed by atoms with E-state index in [-0.39, 0.29) is 11.6 Å². The Morgan fingerprint density at radius 1 is 0.793 bits per heavy atom. The van der Waals surface area contributed by atoms with Crippen molar-refractivity contribution in [3.8, 4) is 16.9 Å². The maximum Gasteiger partial charge on any atom is 0.165 e. The molecule has 0 aliphatic carbocycles. The zero-order valence-electron chi connectivity index (χ0n) is 16.8. The lowest BCUT2D eigenvalue weighted by Crippen LogP contribution is -1.96. The quantitative estimate of drug-likeness (QED) is 0.359. The first-order valence-electron chi connectivity index (χ1n) is 10.0. The van der Waals surface area contributed by atoms with Crippen LogP contribution in [0.25, 0.3) is 11.1 Å². The fourth-order valence-corrected chi connectivity index (χ4v) is 3.32. The molecule has 0 radical (unpaired) electrons. The number of hydrogen-bond donors (Lipinski definition) is 0. The van der Waals surface area contributed by atoms with Gasteiger partial charge in [-0.25, -0.2) is 8.78 Å². The summed E-state index contributed by atoms with van der Waals surface area (Å²) in [4.78, 5) is 0. The molecule has 0 fully saturated rings. The van der Waals surface area contributed by atoms with Crippen LogP contribution in [0.15, 0.2) is 73.3 Å². The molecule has 0 saturated heterocycles. The predicted molar refractivity (Wildman–Crippen MR) is 115 cm³/mol. The van der Waals surface area contributed by atoms with Gasteiger partial charge in [0.1, 0.15) is 5.82 Å². The van der Waals surface area contributed by atoms with E-state index >= 15 is 0 Å². The molecule has 0 heterocycles. The van der Waals surface area contributed by atoms with E-state index in [1.54, 1.807) is 31.2 Å². The molecule has 150 valence electrons. The standard InChI is InChI=1S/C26H26F2O/c1-3-5-6-19-7-9-20(10-8-19)11-12-21-13-15-23(24(27)17-21)22-14-16-26(29-4-2)25(28)18-22/h3,7-10,13-18H,1,4-6,11-12H2,2H3. The molecule has 1 nitrogen and oxygen atoms in total. The summed E-state index contributed by atoms with van der Waals surface area (Å²) in [7, 11) is 0. The molecule has 0 aromatic heterocycles. The molecule has 3 aromatic rings. The van der Waals surface area contributed by atoms with Gasteiger partial charge in [-0.15, -0.1) is 6.58 Å². The number of rotatable bonds is 9. The van der Waals surface area contributed by atoms with Gasteiger partial charge in [0.05, 0.1) is 6.61 Å². The van der Waals surface area contributed by atoms with Gasteiger partial charge in [-0.2, -0.15) is 0 Å². The number of allylic oxidation sites excluding steroid dienone is 1. The molecule has 0 spiro atoms. The first kappa shape index (κ1) is 20.8. The van der Waals surface area contributed by atoms with Crippen molar-refractivity contribution in [1.82, 2.24) is 0 Å². The van der Waals surface area contributed by atoms with Crippen LogP contribution in [0, 0.1) is 11.6 Å². The van der Waals surface area contributed by atoms with E-state index in [1.807, 2.05) is 12.1 Å². The second-order valence-electron chi connectivity index (χ2n) is 7.04. The topological polar surface area (TPSA) is 9.23 Å². The minimum atomic E-state index is -0.482. The summed E-state index contributed by atoms with van der Waals surface area (Å²) in [5.74, 6) is -0.640. The van der Waals surface area contributed by atoms with Gasteiger partial charge < -0.3 is 4.74 Å². The van der Waals surface area contributed by atoms with Crippen LogP contribution < -0.4 is 4.74 Å². The Balaban J connectivity index is 1.66. The van der Waals surface area contributed by atoms with Gasteiger partial charge in [0.2, 0.25) is 0 Å². The van der Waals surface area contributed by atoms with E-state index in [0.29, 0.717) is 17.7 Å². The molecule has 0 saturated carbocycles. The monoisotopic (exact) mass is 392 g/mol. The van der Waals surface area contributed by atoms with Gasteiger partial charge in [0.25, 0.3) is 0 Å². The molecule has 3 aromatic carbocycles. The van der Waals surface area contributed by atoms with Gasteiger partial charge in [-0.05, 0) is 73.1 Å². The van der Waals surface area contributed by atoms with E-state index < -0.39 is 5.82 Å². The summed E-state index contributed by atoms with van der Waals surface area (Å²) in [5.41, 5.74) is 4.35. The third-order valence-corrected chi connectivity index (χ3v) is 4.94. The highest BCUT2D eigenvalue weighted by Gasteiger charge is 2.10. The molecule has 0 bridgehead atoms. The van der Waals surface area contributed by atoms with Crippen molar-refractivity contribution in [2.24, 2.45) is 0 Å². The molecule has 29 heavy (non-hydrogen) atoms. The Bertz CT molecular complexity index is 961. The minimum absolute atomic E-state index is 0.184. The van der Waals surface area contributed by atoms with Crippen LogP contribution >= 0.6 is 0 Å². The Morgan fingerprint density at radius 2 is 1.45 bits per heavy atom. The van der Waals surface area contributed by atoms with Gasteiger partial charge in [-0.1, -0.05) is 48.5 Å². The number of ether oxygens (including phenoxy) is 1. The summed E-state index contributed by atoms with van der Waals surface area (Å²) in [6, 6.07) is 18.3. The summed E-state index contributed by atoms with van der Waals surface area (Å²) in [5, 5.41) is 0. The summed E-state index contributed by atoms with van der Waals surface area (Å²) in [6.07, 6.45) is 5.50. The average Bonchev–Trinajstić information content (AvgIpc) is 2.73. The van der Waals surface area contributed by atoms with Gasteiger partial charge in [0.15, 0.2) is 11.6 Å². The Kier molecular flexibility index (Phi) is 7.18. The van der Waals surface area contributed by atoms with Crippen LogP contribution in [0.3, 0.4) is 0 Å². The molecule has 0 aliphatic rings. The number of hydrogen-bond acceptors (Lipinski definition) is 1. The maximum absolute atomic E-state index is 14.7. The second kappa shape index (κ2) is 10.0. The fraction of sp³-hybridized carbons (Fsp3) is 0.231. The van der Waals surface area contributed by atoms with Crippen molar-refractivity contribution in [2.75, 3.05) is 6.61 Å². The highest BCUT2D eigenvalue weighted by molar-refractivity contribution is 5.65. The fourth-order valence-electron chi connectivity index (χ4n) is 3.32. The van der Waals surface area contributed by atoms with Crippen LogP contribution in [-0.2, 0) is 19.3 Å². The van der Waals surface area contributed by atoms with Gasteiger partial charge in [-0.3, -0.25) is 0 Å². The number of aryl methyl sites for hydroxylation is 3. The van der Waals surface area contributed by atoms with E-state index in [0.717, 1.165) is 31.2 Å². The molecule has 0 amide bonds. The summed E-state index contributed by atoms with van der Waals surface area (Å²) < 4.78 is 33.9. The normalized spacial score (nSPS) is 10.7. The highest BCUT2D eigenvalue weighted by Crippen LogP contribution is 2.28. The molecule has 0 atom stereocenters. The second-order valence-corrected chi connectivity index (χ2v) is 7.04. The lowest BCUT2D eigenvalue weighted by Gasteiger charge is -2.10. The van der Waals surface area contributed by atoms with Crippen LogP contribution in [0.2, 0.25) is 0 Å². The van der Waals surface area contributed by atoms with E-state index in [2.05, 4.69) is 30.8 Å². The summed E-state index contributed by atoms with van der Waals surface area (Å²) in [6.45, 7) is 5.93. The van der Waals surface area contributed by atoms with Gasteiger partial charge in [0, 0.05) is 5.56 Å². The Morgan fingerprint density at radius 3 is 2.07 bits per heavy atom. The number of benzene rings is 3. The van der Waals surface area contributed by atoms with Crippen molar-refractivity contribution in [3.63, 3.8) is 0 Å². The Hall–Kier alpha value is -2.94. The van der Waals surface area contributed by atoms with Crippen LogP contribution in [0.5, 0.6) is 5.75 Å². The predicted octanol–water partition coefficient (Wildman–Crippen LogP) is 6.93. The molecule has 0 aliphatic heterocycles. The summed E-state index contributed by atoms with van der Waals surface area (Å²) >= 11 is 0. The van der Waals surface area contributed by atoms with Crippen molar-refractivity contribution in [3.05, 3.63) is 102 Å². The first-order chi connectivity index (χ1) is 14.1. The van der Waals surface area contributed by atoms with Crippen molar-refractivity contribution in [2.45, 2.75) is 32.6 Å². The van der Waals surface area contributed by atoms with Crippen molar-refractivity contribution >= 4 is 0 Å². The van der Waals surface area contributed by atoms with Crippen molar-refractivity contribution in [1.29, 1.82) is 0 Å². The van der Waals surface area contributed by atoms with Gasteiger partial charge >= 0.3 is 0 Å².